The van der Waals surface area contributed by atoms with Crippen molar-refractivity contribution in [2.75, 3.05) is 31.7 Å². The maximum atomic E-state index is 14.0. The average molecular weight is 334 g/mol. The van der Waals surface area contributed by atoms with E-state index in [2.05, 4.69) is 15.9 Å². The van der Waals surface area contributed by atoms with Gasteiger partial charge in [-0.05, 0) is 36.5 Å². The molecule has 2 nitrogen and oxygen atoms in total. The minimum absolute atomic E-state index is 0.0512. The molecule has 0 bridgehead atoms. The van der Waals surface area contributed by atoms with Gasteiger partial charge in [-0.25, -0.2) is 8.78 Å². The van der Waals surface area contributed by atoms with Gasteiger partial charge in [-0.1, -0.05) is 15.9 Å². The van der Waals surface area contributed by atoms with E-state index in [1.165, 1.54) is 12.1 Å². The lowest BCUT2D eigenvalue weighted by Crippen LogP contribution is -2.31. The van der Waals surface area contributed by atoms with E-state index >= 15 is 0 Å². The molecule has 1 aliphatic heterocycles. The van der Waals surface area contributed by atoms with Crippen LogP contribution in [0.4, 0.5) is 14.5 Å². The van der Waals surface area contributed by atoms with Crippen LogP contribution in [0.2, 0.25) is 0 Å². The molecule has 1 unspecified atom stereocenters. The second-order valence-corrected chi connectivity index (χ2v) is 5.57. The zero-order valence-electron chi connectivity index (χ0n) is 11.0. The molecule has 1 aromatic carbocycles. The summed E-state index contributed by atoms with van der Waals surface area (Å²) in [6.07, 6.45) is 2.07. The van der Waals surface area contributed by atoms with Crippen molar-refractivity contribution in [3.63, 3.8) is 0 Å². The third-order valence-corrected chi connectivity index (χ3v) is 4.05. The summed E-state index contributed by atoms with van der Waals surface area (Å²) < 4.78 is 33.3. The van der Waals surface area contributed by atoms with Gasteiger partial charge in [0.2, 0.25) is 0 Å². The quantitative estimate of drug-likeness (QED) is 0.778. The number of nitrogens with zero attached hydrogens (tertiary/aromatic N) is 1. The van der Waals surface area contributed by atoms with E-state index in [-0.39, 0.29) is 5.69 Å². The second-order valence-electron chi connectivity index (χ2n) is 5.01. The summed E-state index contributed by atoms with van der Waals surface area (Å²) in [5.41, 5.74) is 0.656. The fourth-order valence-corrected chi connectivity index (χ4v) is 2.81. The number of alkyl halides is 1. The molecule has 1 aromatic rings. The molecule has 0 N–H and O–H groups in total. The molecule has 2 rings (SSSR count). The van der Waals surface area contributed by atoms with Crippen LogP contribution >= 0.6 is 15.9 Å². The first-order valence-electron chi connectivity index (χ1n) is 6.44. The highest BCUT2D eigenvalue weighted by Gasteiger charge is 2.20. The van der Waals surface area contributed by atoms with E-state index in [9.17, 15) is 8.78 Å². The van der Waals surface area contributed by atoms with Gasteiger partial charge in [-0.2, -0.15) is 0 Å². The molecule has 0 aromatic heterocycles. The molecule has 106 valence electrons. The Balaban J connectivity index is 2.11. The van der Waals surface area contributed by atoms with Gasteiger partial charge in [0.1, 0.15) is 17.3 Å². The van der Waals surface area contributed by atoms with Crippen molar-refractivity contribution in [3.05, 3.63) is 29.3 Å². The number of hydrogen-bond donors (Lipinski definition) is 0. The first kappa shape index (κ1) is 14.7. The fraction of sp³-hybridized carbons (Fsp3) is 0.571. The van der Waals surface area contributed by atoms with Gasteiger partial charge < -0.3 is 9.64 Å². The Bertz CT molecular complexity index is 412. The number of benzene rings is 1. The zero-order valence-corrected chi connectivity index (χ0v) is 12.6. The molecule has 19 heavy (non-hydrogen) atoms. The van der Waals surface area contributed by atoms with Crippen molar-refractivity contribution < 1.29 is 13.5 Å². The summed E-state index contributed by atoms with van der Waals surface area (Å²) in [7, 11) is 1.73. The molecule has 0 amide bonds. The molecule has 0 aliphatic carbocycles. The van der Waals surface area contributed by atoms with Crippen LogP contribution in [0.5, 0.6) is 0 Å². The van der Waals surface area contributed by atoms with Crippen LogP contribution in [0, 0.1) is 17.6 Å². The lowest BCUT2D eigenvalue weighted by Gasteiger charge is -2.29. The van der Waals surface area contributed by atoms with Crippen molar-refractivity contribution in [2.45, 2.75) is 18.2 Å². The first-order valence-corrected chi connectivity index (χ1v) is 7.56. The molecule has 1 saturated heterocycles. The molecule has 1 aliphatic rings. The Hall–Kier alpha value is -0.680. The van der Waals surface area contributed by atoms with Crippen LogP contribution < -0.4 is 4.90 Å². The van der Waals surface area contributed by atoms with Crippen LogP contribution in [0.1, 0.15) is 18.4 Å². The van der Waals surface area contributed by atoms with Gasteiger partial charge in [0.25, 0.3) is 0 Å². The minimum Gasteiger partial charge on any atom is -0.381 e. The van der Waals surface area contributed by atoms with E-state index in [1.54, 1.807) is 11.9 Å². The standard InChI is InChI=1S/C14H18BrF2NO/c1-18(8-10-3-2-4-19-9-10)14-12(16)5-11(7-15)6-13(14)17/h5-6,10H,2-4,7-9H2,1H3. The predicted molar refractivity (Wildman–Crippen MR) is 75.8 cm³/mol. The molecule has 1 fully saturated rings. The summed E-state index contributed by atoms with van der Waals surface area (Å²) in [5.74, 6) is -0.671. The van der Waals surface area contributed by atoms with Gasteiger partial charge in [0.15, 0.2) is 0 Å². The van der Waals surface area contributed by atoms with E-state index in [0.717, 1.165) is 19.4 Å². The van der Waals surface area contributed by atoms with Crippen LogP contribution in [0.15, 0.2) is 12.1 Å². The van der Waals surface area contributed by atoms with Gasteiger partial charge >= 0.3 is 0 Å². The summed E-state index contributed by atoms with van der Waals surface area (Å²) in [6.45, 7) is 2.08. The molecule has 0 spiro atoms. The van der Waals surface area contributed by atoms with Crippen LogP contribution in [-0.4, -0.2) is 26.8 Å². The highest BCUT2D eigenvalue weighted by Crippen LogP contribution is 2.26. The molecular weight excluding hydrogens is 316 g/mol. The smallest absolute Gasteiger partial charge is 0.149 e. The Labute approximate surface area is 120 Å². The highest BCUT2D eigenvalue weighted by atomic mass is 79.9. The molecule has 0 radical (unpaired) electrons. The lowest BCUT2D eigenvalue weighted by molar-refractivity contribution is 0.0575. The Morgan fingerprint density at radius 1 is 1.37 bits per heavy atom. The third kappa shape index (κ3) is 3.66. The Morgan fingerprint density at radius 3 is 2.58 bits per heavy atom. The summed E-state index contributed by atoms with van der Waals surface area (Å²) in [5, 5.41) is 0.446. The van der Waals surface area contributed by atoms with Crippen molar-refractivity contribution in [1.29, 1.82) is 0 Å². The van der Waals surface area contributed by atoms with Crippen LogP contribution in [-0.2, 0) is 10.1 Å². The maximum absolute atomic E-state index is 14.0. The van der Waals surface area contributed by atoms with Crippen LogP contribution in [0.3, 0.4) is 0 Å². The monoisotopic (exact) mass is 333 g/mol. The molecule has 0 saturated carbocycles. The second kappa shape index (κ2) is 6.66. The number of rotatable bonds is 4. The summed E-state index contributed by atoms with van der Waals surface area (Å²) >= 11 is 3.20. The van der Waals surface area contributed by atoms with Crippen molar-refractivity contribution in [1.82, 2.24) is 0 Å². The maximum Gasteiger partial charge on any atom is 0.149 e. The topological polar surface area (TPSA) is 12.5 Å². The number of halogens is 3. The number of anilines is 1. The minimum atomic E-state index is -0.506. The van der Waals surface area contributed by atoms with E-state index in [4.69, 9.17) is 4.74 Å². The molecule has 1 heterocycles. The fourth-order valence-electron chi connectivity index (χ4n) is 2.49. The van der Waals surface area contributed by atoms with E-state index in [1.807, 2.05) is 0 Å². The van der Waals surface area contributed by atoms with Crippen molar-refractivity contribution in [3.8, 4) is 0 Å². The zero-order chi connectivity index (χ0) is 13.8. The van der Waals surface area contributed by atoms with Gasteiger partial charge in [-0.15, -0.1) is 0 Å². The summed E-state index contributed by atoms with van der Waals surface area (Å²) in [6, 6.07) is 2.75. The first-order chi connectivity index (χ1) is 9.11. The van der Waals surface area contributed by atoms with Crippen molar-refractivity contribution in [2.24, 2.45) is 5.92 Å². The van der Waals surface area contributed by atoms with Gasteiger partial charge in [0, 0.05) is 25.5 Å². The average Bonchev–Trinajstić information content (AvgIpc) is 2.38. The number of ether oxygens (including phenoxy) is 1. The van der Waals surface area contributed by atoms with Crippen LogP contribution in [0.25, 0.3) is 0 Å². The lowest BCUT2D eigenvalue weighted by atomic mass is 10.0. The van der Waals surface area contributed by atoms with Gasteiger partial charge in [0.05, 0.1) is 6.61 Å². The predicted octanol–water partition coefficient (Wildman–Crippen LogP) is 3.72. The molecular formula is C14H18BrF2NO. The Kier molecular flexibility index (Phi) is 5.16. The normalized spacial score (nSPS) is 19.5. The van der Waals surface area contributed by atoms with E-state index < -0.39 is 11.6 Å². The summed E-state index contributed by atoms with van der Waals surface area (Å²) in [4.78, 5) is 1.65. The SMILES string of the molecule is CN(CC1CCCOC1)c1c(F)cc(CBr)cc1F. The third-order valence-electron chi connectivity index (χ3n) is 3.40. The van der Waals surface area contributed by atoms with Crippen molar-refractivity contribution >= 4 is 21.6 Å². The van der Waals surface area contributed by atoms with Gasteiger partial charge in [-0.3, -0.25) is 0 Å². The highest BCUT2D eigenvalue weighted by molar-refractivity contribution is 9.08. The molecule has 1 atom stereocenters. The van der Waals surface area contributed by atoms with E-state index in [0.29, 0.717) is 30.0 Å². The Morgan fingerprint density at radius 2 is 2.05 bits per heavy atom. The number of hydrogen-bond acceptors (Lipinski definition) is 2. The largest absolute Gasteiger partial charge is 0.381 e. The molecule has 5 heteroatoms.